The van der Waals surface area contributed by atoms with Gasteiger partial charge in [0.1, 0.15) is 0 Å². The summed E-state index contributed by atoms with van der Waals surface area (Å²) in [7, 11) is 0. The van der Waals surface area contributed by atoms with E-state index < -0.39 is 0 Å². The molecule has 1 heterocycles. The highest BCUT2D eigenvalue weighted by atomic mass is 16.2. The summed E-state index contributed by atoms with van der Waals surface area (Å²) < 4.78 is 1.92. The van der Waals surface area contributed by atoms with Gasteiger partial charge in [-0.25, -0.2) is 4.79 Å². The van der Waals surface area contributed by atoms with E-state index in [1.54, 1.807) is 0 Å². The Morgan fingerprint density at radius 2 is 2.11 bits per heavy atom. The summed E-state index contributed by atoms with van der Waals surface area (Å²) in [6.07, 6.45) is 2.26. The monoisotopic (exact) mass is 250 g/mol. The normalized spacial score (nSPS) is 14.7. The Balaban J connectivity index is 2.13. The molecular formula is C13H22N4O. The summed E-state index contributed by atoms with van der Waals surface area (Å²) in [5.74, 6) is 0. The van der Waals surface area contributed by atoms with Gasteiger partial charge >= 0.3 is 6.03 Å². The van der Waals surface area contributed by atoms with Crippen LogP contribution in [0.1, 0.15) is 38.1 Å². The molecule has 5 heteroatoms. The molecule has 100 valence electrons. The molecule has 5 nitrogen and oxygen atoms in total. The molecule has 1 N–H and O–H groups in total. The Labute approximate surface area is 108 Å². The molecule has 1 saturated carbocycles. The SMILES string of the molecule is CCN(C(=O)Nc1c(C)nn(CC)c1C)C1CC1. The van der Waals surface area contributed by atoms with E-state index in [0.29, 0.717) is 6.04 Å². The van der Waals surface area contributed by atoms with Gasteiger partial charge in [-0.05, 0) is 40.5 Å². The van der Waals surface area contributed by atoms with Crippen molar-refractivity contribution in [3.8, 4) is 0 Å². The van der Waals surface area contributed by atoms with E-state index in [-0.39, 0.29) is 6.03 Å². The van der Waals surface area contributed by atoms with Crippen molar-refractivity contribution in [3.63, 3.8) is 0 Å². The third kappa shape index (κ3) is 2.35. The number of nitrogens with zero attached hydrogens (tertiary/aromatic N) is 3. The van der Waals surface area contributed by atoms with Crippen molar-refractivity contribution in [2.24, 2.45) is 0 Å². The second kappa shape index (κ2) is 5.00. The fraction of sp³-hybridized carbons (Fsp3) is 0.692. The van der Waals surface area contributed by atoms with Crippen molar-refractivity contribution in [2.75, 3.05) is 11.9 Å². The quantitative estimate of drug-likeness (QED) is 0.892. The zero-order valence-electron chi connectivity index (χ0n) is 11.7. The lowest BCUT2D eigenvalue weighted by atomic mass is 10.3. The van der Waals surface area contributed by atoms with Crippen LogP contribution in [-0.2, 0) is 6.54 Å². The molecule has 0 unspecified atom stereocenters. The second-order valence-corrected chi connectivity index (χ2v) is 4.81. The molecule has 1 fully saturated rings. The van der Waals surface area contributed by atoms with Crippen molar-refractivity contribution in [1.29, 1.82) is 0 Å². The molecule has 18 heavy (non-hydrogen) atoms. The molecule has 0 aliphatic heterocycles. The molecule has 2 amide bonds. The predicted octanol–water partition coefficient (Wildman–Crippen LogP) is 2.54. The third-order valence-electron chi connectivity index (χ3n) is 3.50. The highest BCUT2D eigenvalue weighted by molar-refractivity contribution is 5.91. The molecule has 0 bridgehead atoms. The van der Waals surface area contributed by atoms with Gasteiger partial charge in [0.25, 0.3) is 0 Å². The van der Waals surface area contributed by atoms with Gasteiger partial charge in [0, 0.05) is 19.1 Å². The molecule has 0 atom stereocenters. The fourth-order valence-corrected chi connectivity index (χ4v) is 2.32. The maximum atomic E-state index is 12.2. The third-order valence-corrected chi connectivity index (χ3v) is 3.50. The standard InChI is InChI=1S/C13H22N4O/c1-5-16(11-7-8-11)13(18)14-12-9(3)15-17(6-2)10(12)4/h11H,5-8H2,1-4H3,(H,14,18). The molecule has 0 saturated heterocycles. The number of hydrogen-bond acceptors (Lipinski definition) is 2. The number of nitrogens with one attached hydrogen (secondary N) is 1. The maximum absolute atomic E-state index is 12.2. The molecular weight excluding hydrogens is 228 g/mol. The molecule has 1 aliphatic rings. The summed E-state index contributed by atoms with van der Waals surface area (Å²) in [6, 6.07) is 0.443. The van der Waals surface area contributed by atoms with Gasteiger partial charge in [-0.2, -0.15) is 5.10 Å². The predicted molar refractivity (Wildman–Crippen MR) is 71.8 cm³/mol. The molecule has 1 aromatic heterocycles. The first-order valence-corrected chi connectivity index (χ1v) is 6.70. The van der Waals surface area contributed by atoms with Gasteiger partial charge in [-0.3, -0.25) is 4.68 Å². The van der Waals surface area contributed by atoms with Gasteiger partial charge < -0.3 is 10.2 Å². The summed E-state index contributed by atoms with van der Waals surface area (Å²) in [5, 5.41) is 7.42. The number of hydrogen-bond donors (Lipinski definition) is 1. The van der Waals surface area contributed by atoms with E-state index in [9.17, 15) is 4.79 Å². The summed E-state index contributed by atoms with van der Waals surface area (Å²) in [6.45, 7) is 9.58. The first-order chi connectivity index (χ1) is 8.58. The highest BCUT2D eigenvalue weighted by Gasteiger charge is 2.31. The van der Waals surface area contributed by atoms with Gasteiger partial charge in [-0.1, -0.05) is 0 Å². The fourth-order valence-electron chi connectivity index (χ4n) is 2.32. The van der Waals surface area contributed by atoms with Crippen LogP contribution in [0, 0.1) is 13.8 Å². The lowest BCUT2D eigenvalue weighted by Crippen LogP contribution is -2.36. The first-order valence-electron chi connectivity index (χ1n) is 6.70. The Kier molecular flexibility index (Phi) is 3.59. The minimum atomic E-state index is 0.00172. The van der Waals surface area contributed by atoms with Crippen LogP contribution in [0.3, 0.4) is 0 Å². The zero-order valence-corrected chi connectivity index (χ0v) is 11.7. The first kappa shape index (κ1) is 12.9. The van der Waals surface area contributed by atoms with Crippen LogP contribution in [0.25, 0.3) is 0 Å². The number of aromatic nitrogens is 2. The molecule has 1 aliphatic carbocycles. The largest absolute Gasteiger partial charge is 0.322 e. The lowest BCUT2D eigenvalue weighted by Gasteiger charge is -2.20. The summed E-state index contributed by atoms with van der Waals surface area (Å²) in [5.41, 5.74) is 2.77. The van der Waals surface area contributed by atoms with Crippen molar-refractivity contribution >= 4 is 11.7 Å². The zero-order chi connectivity index (χ0) is 13.3. The van der Waals surface area contributed by atoms with Gasteiger partial charge in [0.15, 0.2) is 0 Å². The van der Waals surface area contributed by atoms with Crippen LogP contribution in [0.2, 0.25) is 0 Å². The van der Waals surface area contributed by atoms with Gasteiger partial charge in [0.05, 0.1) is 17.1 Å². The number of rotatable bonds is 4. The molecule has 0 aromatic carbocycles. The Bertz CT molecular complexity index is 448. The number of aryl methyl sites for hydroxylation is 2. The van der Waals surface area contributed by atoms with E-state index in [0.717, 1.165) is 43.0 Å². The average Bonchev–Trinajstić information content (AvgIpc) is 3.13. The number of carbonyl (C=O) groups excluding carboxylic acids is 1. The number of urea groups is 1. The van der Waals surface area contributed by atoms with E-state index in [2.05, 4.69) is 10.4 Å². The molecule has 0 spiro atoms. The van der Waals surface area contributed by atoms with E-state index in [1.165, 1.54) is 0 Å². The minimum Gasteiger partial charge on any atom is -0.322 e. The number of carbonyl (C=O) groups is 1. The van der Waals surface area contributed by atoms with E-state index in [1.807, 2.05) is 37.3 Å². The van der Waals surface area contributed by atoms with E-state index >= 15 is 0 Å². The van der Waals surface area contributed by atoms with Crippen molar-refractivity contribution < 1.29 is 4.79 Å². The Hall–Kier alpha value is -1.52. The summed E-state index contributed by atoms with van der Waals surface area (Å²) >= 11 is 0. The van der Waals surface area contributed by atoms with Crippen molar-refractivity contribution in [1.82, 2.24) is 14.7 Å². The molecule has 1 aromatic rings. The van der Waals surface area contributed by atoms with Crippen LogP contribution in [0.4, 0.5) is 10.5 Å². The van der Waals surface area contributed by atoms with Gasteiger partial charge in [-0.15, -0.1) is 0 Å². The smallest absolute Gasteiger partial charge is 0.322 e. The lowest BCUT2D eigenvalue weighted by molar-refractivity contribution is 0.212. The van der Waals surface area contributed by atoms with Crippen molar-refractivity contribution in [3.05, 3.63) is 11.4 Å². The Morgan fingerprint density at radius 3 is 2.56 bits per heavy atom. The van der Waals surface area contributed by atoms with Crippen LogP contribution < -0.4 is 5.32 Å². The summed E-state index contributed by atoms with van der Waals surface area (Å²) in [4.78, 5) is 14.1. The number of amides is 2. The molecule has 2 rings (SSSR count). The topological polar surface area (TPSA) is 50.2 Å². The van der Waals surface area contributed by atoms with Crippen LogP contribution in [-0.4, -0.2) is 33.3 Å². The van der Waals surface area contributed by atoms with Gasteiger partial charge in [0.2, 0.25) is 0 Å². The van der Waals surface area contributed by atoms with Crippen LogP contribution in [0.15, 0.2) is 0 Å². The van der Waals surface area contributed by atoms with Crippen molar-refractivity contribution in [2.45, 2.75) is 53.1 Å². The molecule has 0 radical (unpaired) electrons. The van der Waals surface area contributed by atoms with E-state index in [4.69, 9.17) is 0 Å². The average molecular weight is 250 g/mol. The highest BCUT2D eigenvalue weighted by Crippen LogP contribution is 2.28. The Morgan fingerprint density at radius 1 is 1.44 bits per heavy atom. The van der Waals surface area contributed by atoms with Crippen LogP contribution in [0.5, 0.6) is 0 Å². The second-order valence-electron chi connectivity index (χ2n) is 4.81. The maximum Gasteiger partial charge on any atom is 0.322 e. The van der Waals surface area contributed by atoms with Crippen LogP contribution >= 0.6 is 0 Å². The number of anilines is 1. The minimum absolute atomic E-state index is 0.00172.